The van der Waals surface area contributed by atoms with Crippen LogP contribution in [0.1, 0.15) is 27.9 Å². The number of nitrogens with zero attached hydrogens (tertiary/aromatic N) is 2. The topological polar surface area (TPSA) is 63.5 Å². The minimum atomic E-state index is -0.266. The molecule has 0 radical (unpaired) electrons. The Kier molecular flexibility index (Phi) is 6.52. The van der Waals surface area contributed by atoms with E-state index in [0.29, 0.717) is 17.6 Å². The quantitative estimate of drug-likeness (QED) is 0.722. The third-order valence-corrected chi connectivity index (χ3v) is 4.26. The molecule has 1 aromatic heterocycles. The van der Waals surface area contributed by atoms with E-state index < -0.39 is 0 Å². The van der Waals surface area contributed by atoms with E-state index in [1.807, 2.05) is 84.4 Å². The first kappa shape index (κ1) is 19.3. The fourth-order valence-electron chi connectivity index (χ4n) is 2.84. The minimum absolute atomic E-state index is 0.151. The van der Waals surface area contributed by atoms with E-state index >= 15 is 0 Å². The van der Waals surface area contributed by atoms with E-state index in [-0.39, 0.29) is 24.8 Å². The molecular formula is C23H23N3O2. The summed E-state index contributed by atoms with van der Waals surface area (Å²) in [5.74, 6) is -0.451. The van der Waals surface area contributed by atoms with E-state index in [1.54, 1.807) is 6.07 Å². The number of amides is 2. The van der Waals surface area contributed by atoms with Gasteiger partial charge in [-0.05, 0) is 36.8 Å². The van der Waals surface area contributed by atoms with Crippen molar-refractivity contribution in [1.82, 2.24) is 9.88 Å². The fourth-order valence-corrected chi connectivity index (χ4v) is 2.84. The van der Waals surface area contributed by atoms with Crippen LogP contribution in [0, 0.1) is 6.92 Å². The molecule has 142 valence electrons. The predicted octanol–water partition coefficient (Wildman–Crippen LogP) is 3.09. The molecule has 0 aliphatic rings. The number of rotatable bonds is 6. The van der Waals surface area contributed by atoms with Crippen LogP contribution < -0.4 is 10.8 Å². The molecule has 5 heteroatoms. The predicted molar refractivity (Wildman–Crippen MR) is 109 cm³/mol. The molecule has 0 bridgehead atoms. The van der Waals surface area contributed by atoms with Gasteiger partial charge in [-0.25, -0.2) is 0 Å². The van der Waals surface area contributed by atoms with Crippen molar-refractivity contribution < 1.29 is 9.59 Å². The zero-order chi connectivity index (χ0) is 19.8. The second-order valence-corrected chi connectivity index (χ2v) is 6.55. The van der Waals surface area contributed by atoms with Gasteiger partial charge in [0.25, 0.3) is 5.91 Å². The summed E-state index contributed by atoms with van der Waals surface area (Å²) in [5, 5.41) is 2.77. The van der Waals surface area contributed by atoms with Crippen LogP contribution >= 0.6 is 0 Å². The van der Waals surface area contributed by atoms with Gasteiger partial charge < -0.3 is 9.88 Å². The molecule has 3 rings (SSSR count). The Morgan fingerprint density at radius 2 is 1.75 bits per heavy atom. The lowest BCUT2D eigenvalue weighted by Crippen LogP contribution is -2.27. The molecule has 5 nitrogen and oxygen atoms in total. The van der Waals surface area contributed by atoms with Gasteiger partial charge in [-0.1, -0.05) is 54.1 Å². The summed E-state index contributed by atoms with van der Waals surface area (Å²) in [6.07, 6.45) is 2.05. The van der Waals surface area contributed by atoms with Gasteiger partial charge in [0.15, 0.2) is 0 Å². The van der Waals surface area contributed by atoms with E-state index in [9.17, 15) is 9.59 Å². The van der Waals surface area contributed by atoms with E-state index in [4.69, 9.17) is 0 Å². The van der Waals surface area contributed by atoms with Crippen molar-refractivity contribution in [1.29, 1.82) is 0 Å². The van der Waals surface area contributed by atoms with Crippen molar-refractivity contribution in [2.75, 3.05) is 6.54 Å². The smallest absolute Gasteiger partial charge is 0.251 e. The Hall–Kier alpha value is -3.47. The zero-order valence-corrected chi connectivity index (χ0v) is 15.8. The number of benzene rings is 2. The number of hydrogen-bond acceptors (Lipinski definition) is 2. The van der Waals surface area contributed by atoms with Crippen LogP contribution in [0.25, 0.3) is 0 Å². The molecule has 0 atom stereocenters. The van der Waals surface area contributed by atoms with Gasteiger partial charge in [-0.15, -0.1) is 0 Å². The van der Waals surface area contributed by atoms with Gasteiger partial charge in [0.05, 0.1) is 0 Å². The molecular weight excluding hydrogens is 350 g/mol. The molecule has 3 aromatic rings. The van der Waals surface area contributed by atoms with Gasteiger partial charge >= 0.3 is 0 Å². The molecule has 2 amide bonds. The van der Waals surface area contributed by atoms with Crippen molar-refractivity contribution in [3.63, 3.8) is 0 Å². The lowest BCUT2D eigenvalue weighted by atomic mass is 10.1. The number of carbonyl (C=O) groups excluding carboxylic acids is 2. The number of aryl methyl sites for hydroxylation is 1. The first-order valence-electron chi connectivity index (χ1n) is 9.23. The van der Waals surface area contributed by atoms with Crippen molar-refractivity contribution in [3.05, 3.63) is 101 Å². The largest absolute Gasteiger partial charge is 0.352 e. The van der Waals surface area contributed by atoms with Crippen molar-refractivity contribution >= 4 is 11.8 Å². The normalized spacial score (nSPS) is 11.2. The van der Waals surface area contributed by atoms with Crippen LogP contribution in [-0.4, -0.2) is 22.9 Å². The highest BCUT2D eigenvalue weighted by Gasteiger charge is 2.06. The van der Waals surface area contributed by atoms with Crippen LogP contribution in [0.3, 0.4) is 0 Å². The molecule has 0 saturated carbocycles. The van der Waals surface area contributed by atoms with Gasteiger partial charge in [0.1, 0.15) is 5.49 Å². The van der Waals surface area contributed by atoms with Crippen molar-refractivity contribution in [2.45, 2.75) is 19.9 Å². The number of nitrogens with one attached hydrogen (secondary N) is 1. The van der Waals surface area contributed by atoms with Crippen LogP contribution in [0.4, 0.5) is 0 Å². The van der Waals surface area contributed by atoms with E-state index in [2.05, 4.69) is 10.3 Å². The maximum absolute atomic E-state index is 12.3. The van der Waals surface area contributed by atoms with Gasteiger partial charge in [0, 0.05) is 31.3 Å². The molecule has 0 unspecified atom stereocenters. The third kappa shape index (κ3) is 5.51. The second kappa shape index (κ2) is 9.46. The standard InChI is InChI=1S/C23H23N3O2/c1-18-8-7-11-20(16-18)23(28)24-14-13-22(27)25-21-12-5-6-15-26(21)17-19-9-3-2-4-10-19/h2-12,15-16H,13-14,17H2,1H3,(H,24,28). The van der Waals surface area contributed by atoms with Gasteiger partial charge in [-0.3, -0.25) is 9.59 Å². The number of pyridine rings is 1. The summed E-state index contributed by atoms with van der Waals surface area (Å²) in [7, 11) is 0. The molecule has 0 aliphatic heterocycles. The Labute approximate surface area is 164 Å². The average molecular weight is 373 g/mol. The third-order valence-electron chi connectivity index (χ3n) is 4.26. The summed E-state index contributed by atoms with van der Waals surface area (Å²) in [5.41, 5.74) is 3.34. The lowest BCUT2D eigenvalue weighted by molar-refractivity contribution is -0.118. The Bertz CT molecular complexity index is 1020. The van der Waals surface area contributed by atoms with Crippen LogP contribution in [0.15, 0.2) is 84.0 Å². The molecule has 0 spiro atoms. The van der Waals surface area contributed by atoms with E-state index in [1.165, 1.54) is 0 Å². The first-order chi connectivity index (χ1) is 13.6. The summed E-state index contributed by atoms with van der Waals surface area (Å²) >= 11 is 0. The number of hydrogen-bond donors (Lipinski definition) is 1. The van der Waals surface area contributed by atoms with E-state index in [0.717, 1.165) is 11.1 Å². The van der Waals surface area contributed by atoms with Gasteiger partial charge in [-0.2, -0.15) is 4.99 Å². The highest BCUT2D eigenvalue weighted by atomic mass is 16.2. The Balaban J connectivity index is 1.61. The molecule has 0 aliphatic carbocycles. The average Bonchev–Trinajstić information content (AvgIpc) is 2.70. The maximum atomic E-state index is 12.3. The zero-order valence-electron chi connectivity index (χ0n) is 15.8. The number of carbonyl (C=O) groups is 2. The fraction of sp³-hybridized carbons (Fsp3) is 0.174. The molecule has 2 aromatic carbocycles. The number of aromatic nitrogens is 1. The summed E-state index contributed by atoms with van der Waals surface area (Å²) in [6.45, 7) is 2.82. The highest BCUT2D eigenvalue weighted by molar-refractivity contribution is 5.94. The summed E-state index contributed by atoms with van der Waals surface area (Å²) < 4.78 is 1.93. The monoisotopic (exact) mass is 373 g/mol. The summed E-state index contributed by atoms with van der Waals surface area (Å²) in [6, 6.07) is 22.9. The lowest BCUT2D eigenvalue weighted by Gasteiger charge is -2.07. The molecule has 0 fully saturated rings. The van der Waals surface area contributed by atoms with Crippen LogP contribution in [0.5, 0.6) is 0 Å². The van der Waals surface area contributed by atoms with Crippen molar-refractivity contribution in [3.8, 4) is 0 Å². The van der Waals surface area contributed by atoms with Crippen LogP contribution in [-0.2, 0) is 11.3 Å². The molecule has 28 heavy (non-hydrogen) atoms. The Morgan fingerprint density at radius 1 is 0.964 bits per heavy atom. The second-order valence-electron chi connectivity index (χ2n) is 6.55. The molecule has 0 saturated heterocycles. The first-order valence-corrected chi connectivity index (χ1v) is 9.23. The summed E-state index contributed by atoms with van der Waals surface area (Å²) in [4.78, 5) is 28.6. The maximum Gasteiger partial charge on any atom is 0.251 e. The minimum Gasteiger partial charge on any atom is -0.352 e. The molecule has 1 N–H and O–H groups in total. The van der Waals surface area contributed by atoms with Crippen LogP contribution in [0.2, 0.25) is 0 Å². The SMILES string of the molecule is Cc1cccc(C(=O)NCCC(=O)N=c2ccccn2Cc2ccccc2)c1. The van der Waals surface area contributed by atoms with Crippen molar-refractivity contribution in [2.24, 2.45) is 4.99 Å². The highest BCUT2D eigenvalue weighted by Crippen LogP contribution is 2.03. The molecule has 1 heterocycles. The van der Waals surface area contributed by atoms with Gasteiger partial charge in [0.2, 0.25) is 5.91 Å². The Morgan fingerprint density at radius 3 is 2.54 bits per heavy atom.